The van der Waals surface area contributed by atoms with E-state index in [9.17, 15) is 0 Å². The van der Waals surface area contributed by atoms with Crippen LogP contribution in [-0.4, -0.2) is 31.2 Å². The Hall–Kier alpha value is -2.47. The maximum absolute atomic E-state index is 5.48. The summed E-state index contributed by atoms with van der Waals surface area (Å²) < 4.78 is 7.78. The Labute approximate surface area is 141 Å². The van der Waals surface area contributed by atoms with Crippen molar-refractivity contribution in [2.45, 2.75) is 39.4 Å². The van der Waals surface area contributed by atoms with Gasteiger partial charge in [0.15, 0.2) is 0 Å². The second-order valence-corrected chi connectivity index (χ2v) is 6.24. The van der Waals surface area contributed by atoms with Crippen molar-refractivity contribution < 1.29 is 4.42 Å². The van der Waals surface area contributed by atoms with E-state index in [2.05, 4.69) is 55.0 Å². The lowest BCUT2D eigenvalue weighted by molar-refractivity contribution is 0.215. The predicted octanol–water partition coefficient (Wildman–Crippen LogP) is 2.38. The molecule has 24 heavy (non-hydrogen) atoms. The van der Waals surface area contributed by atoms with E-state index >= 15 is 0 Å². The molecule has 0 fully saturated rings. The van der Waals surface area contributed by atoms with Gasteiger partial charge in [-0.15, -0.1) is 10.2 Å². The molecule has 1 aliphatic rings. The van der Waals surface area contributed by atoms with Gasteiger partial charge in [0.05, 0.1) is 18.6 Å². The molecule has 0 N–H and O–H groups in total. The molecule has 6 heteroatoms. The van der Waals surface area contributed by atoms with E-state index in [4.69, 9.17) is 4.42 Å². The van der Waals surface area contributed by atoms with Crippen LogP contribution >= 0.6 is 0 Å². The van der Waals surface area contributed by atoms with E-state index in [0.29, 0.717) is 18.3 Å². The van der Waals surface area contributed by atoms with Crippen LogP contribution in [0.15, 0.2) is 41.1 Å². The molecule has 0 spiro atoms. The monoisotopic (exact) mass is 323 g/mol. The van der Waals surface area contributed by atoms with Crippen molar-refractivity contribution in [2.75, 3.05) is 6.54 Å². The zero-order chi connectivity index (χ0) is 16.4. The molecule has 0 saturated carbocycles. The number of aromatic nitrogens is 4. The number of nitrogens with zero attached hydrogens (tertiary/aromatic N) is 5. The zero-order valence-electron chi connectivity index (χ0n) is 13.9. The first-order chi connectivity index (χ1) is 11.8. The second kappa shape index (κ2) is 6.57. The molecular formula is C18H21N5O. The van der Waals surface area contributed by atoms with E-state index in [-0.39, 0.29) is 0 Å². The first-order valence-electron chi connectivity index (χ1n) is 8.36. The minimum Gasteiger partial charge on any atom is -0.424 e. The number of hydrogen-bond acceptors (Lipinski definition) is 5. The molecule has 0 bridgehead atoms. The van der Waals surface area contributed by atoms with Crippen molar-refractivity contribution in [2.24, 2.45) is 0 Å². The van der Waals surface area contributed by atoms with Crippen LogP contribution in [0.4, 0.5) is 0 Å². The molecule has 3 aromatic rings. The highest BCUT2D eigenvalue weighted by molar-refractivity contribution is 5.18. The number of benzene rings is 1. The lowest BCUT2D eigenvalue weighted by Crippen LogP contribution is -2.31. The van der Waals surface area contributed by atoms with Crippen molar-refractivity contribution in [3.63, 3.8) is 0 Å². The van der Waals surface area contributed by atoms with Crippen molar-refractivity contribution in [1.29, 1.82) is 0 Å². The molecule has 0 atom stereocenters. The van der Waals surface area contributed by atoms with Gasteiger partial charge in [-0.25, -0.2) is 4.98 Å². The Morgan fingerprint density at radius 2 is 2.04 bits per heavy atom. The molecule has 0 aliphatic carbocycles. The number of rotatable bonds is 5. The zero-order valence-corrected chi connectivity index (χ0v) is 13.9. The third-order valence-electron chi connectivity index (χ3n) is 4.48. The number of imidazole rings is 1. The standard InChI is InChI=1S/C18H21N5O/c1-14-20-21-18(24-14)12-22-9-8-17-16(11-22)19-13-23(17)10-7-15-5-3-2-4-6-15/h2-6,13H,7-12H2,1H3. The van der Waals surface area contributed by atoms with Gasteiger partial charge >= 0.3 is 0 Å². The third-order valence-corrected chi connectivity index (χ3v) is 4.48. The normalized spacial score (nSPS) is 14.7. The molecule has 1 aromatic carbocycles. The average molecular weight is 323 g/mol. The van der Waals surface area contributed by atoms with Crippen molar-refractivity contribution in [3.8, 4) is 0 Å². The summed E-state index contributed by atoms with van der Waals surface area (Å²) in [6, 6.07) is 10.6. The fourth-order valence-corrected chi connectivity index (χ4v) is 3.24. The van der Waals surface area contributed by atoms with E-state index < -0.39 is 0 Å². The molecule has 1 aliphatic heterocycles. The van der Waals surface area contributed by atoms with Gasteiger partial charge in [0.2, 0.25) is 11.8 Å². The fraction of sp³-hybridized carbons (Fsp3) is 0.389. The lowest BCUT2D eigenvalue weighted by atomic mass is 10.1. The molecule has 0 saturated heterocycles. The van der Waals surface area contributed by atoms with Crippen molar-refractivity contribution in [1.82, 2.24) is 24.6 Å². The number of hydrogen-bond donors (Lipinski definition) is 0. The summed E-state index contributed by atoms with van der Waals surface area (Å²) in [5, 5.41) is 7.97. The quantitative estimate of drug-likeness (QED) is 0.721. The van der Waals surface area contributed by atoms with Crippen LogP contribution in [0.2, 0.25) is 0 Å². The van der Waals surface area contributed by atoms with Gasteiger partial charge in [-0.2, -0.15) is 0 Å². The molecule has 2 aromatic heterocycles. The van der Waals surface area contributed by atoms with Gasteiger partial charge in [-0.1, -0.05) is 30.3 Å². The Kier molecular flexibility index (Phi) is 4.13. The smallest absolute Gasteiger partial charge is 0.230 e. The van der Waals surface area contributed by atoms with Gasteiger partial charge in [0.1, 0.15) is 0 Å². The lowest BCUT2D eigenvalue weighted by Gasteiger charge is -2.25. The van der Waals surface area contributed by atoms with Crippen LogP contribution < -0.4 is 0 Å². The molecule has 0 amide bonds. The molecule has 0 radical (unpaired) electrons. The second-order valence-electron chi connectivity index (χ2n) is 6.24. The number of aryl methyl sites for hydroxylation is 3. The SMILES string of the molecule is Cc1nnc(CN2CCc3c(ncn3CCc3ccccc3)C2)o1. The largest absolute Gasteiger partial charge is 0.424 e. The maximum atomic E-state index is 5.48. The van der Waals surface area contributed by atoms with Gasteiger partial charge in [-0.05, 0) is 12.0 Å². The summed E-state index contributed by atoms with van der Waals surface area (Å²) in [5.41, 5.74) is 3.90. The Bertz CT molecular complexity index is 808. The highest BCUT2D eigenvalue weighted by Crippen LogP contribution is 2.20. The van der Waals surface area contributed by atoms with Crippen LogP contribution in [0.3, 0.4) is 0 Å². The van der Waals surface area contributed by atoms with Gasteiger partial charge in [0.25, 0.3) is 0 Å². The summed E-state index contributed by atoms with van der Waals surface area (Å²) in [4.78, 5) is 6.93. The van der Waals surface area contributed by atoms with Crippen LogP contribution in [0.25, 0.3) is 0 Å². The number of fused-ring (bicyclic) bond motifs is 1. The highest BCUT2D eigenvalue weighted by Gasteiger charge is 2.22. The summed E-state index contributed by atoms with van der Waals surface area (Å²) >= 11 is 0. The molecule has 124 valence electrons. The van der Waals surface area contributed by atoms with Gasteiger partial charge < -0.3 is 8.98 Å². The molecular weight excluding hydrogens is 302 g/mol. The Balaban J connectivity index is 1.40. The van der Waals surface area contributed by atoms with Crippen molar-refractivity contribution in [3.05, 3.63) is 65.4 Å². The van der Waals surface area contributed by atoms with Gasteiger partial charge in [0, 0.05) is 38.7 Å². The summed E-state index contributed by atoms with van der Waals surface area (Å²) in [6.07, 6.45) is 4.03. The molecule has 0 unspecified atom stereocenters. The Morgan fingerprint density at radius 1 is 1.17 bits per heavy atom. The molecule has 3 heterocycles. The van der Waals surface area contributed by atoms with Crippen LogP contribution in [-0.2, 0) is 32.5 Å². The first-order valence-corrected chi connectivity index (χ1v) is 8.36. The van der Waals surface area contributed by atoms with E-state index in [1.807, 2.05) is 13.3 Å². The van der Waals surface area contributed by atoms with E-state index in [0.717, 1.165) is 32.5 Å². The van der Waals surface area contributed by atoms with Gasteiger partial charge in [-0.3, -0.25) is 4.90 Å². The summed E-state index contributed by atoms with van der Waals surface area (Å²) in [6.45, 7) is 5.33. The topological polar surface area (TPSA) is 60.0 Å². The first kappa shape index (κ1) is 15.1. The van der Waals surface area contributed by atoms with Crippen molar-refractivity contribution >= 4 is 0 Å². The Morgan fingerprint density at radius 3 is 2.83 bits per heavy atom. The maximum Gasteiger partial charge on any atom is 0.230 e. The van der Waals surface area contributed by atoms with E-state index in [1.165, 1.54) is 17.0 Å². The predicted molar refractivity (Wildman–Crippen MR) is 89.2 cm³/mol. The summed E-state index contributed by atoms with van der Waals surface area (Å²) in [5.74, 6) is 1.30. The van der Waals surface area contributed by atoms with Crippen LogP contribution in [0.1, 0.15) is 28.7 Å². The average Bonchev–Trinajstić information content (AvgIpc) is 3.20. The third kappa shape index (κ3) is 3.23. The van der Waals surface area contributed by atoms with E-state index in [1.54, 1.807) is 0 Å². The van der Waals surface area contributed by atoms with Crippen LogP contribution in [0, 0.1) is 6.92 Å². The minimum absolute atomic E-state index is 0.618. The van der Waals surface area contributed by atoms with Crippen LogP contribution in [0.5, 0.6) is 0 Å². The molecule has 6 nitrogen and oxygen atoms in total. The molecule has 4 rings (SSSR count). The fourth-order valence-electron chi connectivity index (χ4n) is 3.24. The highest BCUT2D eigenvalue weighted by atomic mass is 16.4. The minimum atomic E-state index is 0.618. The summed E-state index contributed by atoms with van der Waals surface area (Å²) in [7, 11) is 0.